The van der Waals surface area contributed by atoms with E-state index in [-0.39, 0.29) is 11.5 Å². The number of hydrogen-bond acceptors (Lipinski definition) is 5. The van der Waals surface area contributed by atoms with Crippen LogP contribution in [-0.4, -0.2) is 9.97 Å². The highest BCUT2D eigenvalue weighted by molar-refractivity contribution is 6.31. The first-order valence-corrected chi connectivity index (χ1v) is 8.20. The maximum atomic E-state index is 12.7. The van der Waals surface area contributed by atoms with E-state index in [1.807, 2.05) is 13.0 Å². The Balaban J connectivity index is 1.84. The van der Waals surface area contributed by atoms with Crippen LogP contribution in [0.5, 0.6) is 0 Å². The molecular weight excluding hydrogens is 379 g/mol. The zero-order valence-corrected chi connectivity index (χ0v) is 14.9. The van der Waals surface area contributed by atoms with Gasteiger partial charge >= 0.3 is 6.18 Å². The molecule has 3 rings (SSSR count). The average molecular weight is 394 g/mol. The molecule has 0 radical (unpaired) electrons. The molecule has 4 N–H and O–H groups in total. The van der Waals surface area contributed by atoms with Crippen LogP contribution in [0.1, 0.15) is 11.1 Å². The predicted molar refractivity (Wildman–Crippen MR) is 101 cm³/mol. The SMILES string of the molecule is Cc1c(Cl)cccc1Nc1ncnc(Nc2ccc(C(F)(F)F)cc2)c1N. The molecule has 0 fully saturated rings. The molecule has 0 atom stereocenters. The van der Waals surface area contributed by atoms with Crippen LogP contribution in [-0.2, 0) is 6.18 Å². The number of rotatable bonds is 4. The Morgan fingerprint density at radius 2 is 1.59 bits per heavy atom. The van der Waals surface area contributed by atoms with Crippen LogP contribution in [0.25, 0.3) is 0 Å². The molecule has 0 bridgehead atoms. The molecule has 0 saturated heterocycles. The van der Waals surface area contributed by atoms with Crippen molar-refractivity contribution in [2.75, 3.05) is 16.4 Å². The summed E-state index contributed by atoms with van der Waals surface area (Å²) in [5.41, 5.74) is 7.56. The second-order valence-corrected chi connectivity index (χ2v) is 6.13. The van der Waals surface area contributed by atoms with Gasteiger partial charge < -0.3 is 16.4 Å². The maximum absolute atomic E-state index is 12.7. The number of alkyl halides is 3. The summed E-state index contributed by atoms with van der Waals surface area (Å²) in [6, 6.07) is 9.95. The molecule has 0 saturated carbocycles. The third-order valence-electron chi connectivity index (χ3n) is 3.88. The fourth-order valence-electron chi connectivity index (χ4n) is 2.34. The molecule has 1 heterocycles. The van der Waals surface area contributed by atoms with Crippen molar-refractivity contribution in [2.24, 2.45) is 0 Å². The smallest absolute Gasteiger partial charge is 0.393 e. The second kappa shape index (κ2) is 7.32. The quantitative estimate of drug-likeness (QED) is 0.543. The first-order valence-electron chi connectivity index (χ1n) is 7.82. The minimum Gasteiger partial charge on any atom is -0.393 e. The number of nitrogens with zero attached hydrogens (tertiary/aromatic N) is 2. The molecule has 3 aromatic rings. The first kappa shape index (κ1) is 18.8. The van der Waals surface area contributed by atoms with Gasteiger partial charge in [-0.1, -0.05) is 17.7 Å². The van der Waals surface area contributed by atoms with E-state index in [2.05, 4.69) is 20.6 Å². The zero-order chi connectivity index (χ0) is 19.6. The van der Waals surface area contributed by atoms with Gasteiger partial charge in [0, 0.05) is 16.4 Å². The Morgan fingerprint density at radius 1 is 0.963 bits per heavy atom. The van der Waals surface area contributed by atoms with Crippen LogP contribution in [0.15, 0.2) is 48.8 Å². The molecule has 0 aliphatic rings. The lowest BCUT2D eigenvalue weighted by molar-refractivity contribution is -0.137. The summed E-state index contributed by atoms with van der Waals surface area (Å²) in [6.45, 7) is 1.85. The number of halogens is 4. The number of nitrogen functional groups attached to an aromatic ring is 1. The summed E-state index contributed by atoms with van der Waals surface area (Å²) in [5.74, 6) is 0.622. The van der Waals surface area contributed by atoms with Crippen LogP contribution < -0.4 is 16.4 Å². The molecule has 0 unspecified atom stereocenters. The van der Waals surface area contributed by atoms with Gasteiger partial charge in [-0.3, -0.25) is 0 Å². The number of aromatic nitrogens is 2. The Kier molecular flexibility index (Phi) is 5.09. The fraction of sp³-hybridized carbons (Fsp3) is 0.111. The van der Waals surface area contributed by atoms with Gasteiger partial charge in [0.15, 0.2) is 11.6 Å². The van der Waals surface area contributed by atoms with Crippen molar-refractivity contribution in [2.45, 2.75) is 13.1 Å². The summed E-state index contributed by atoms with van der Waals surface area (Å²) < 4.78 is 38.0. The molecule has 27 heavy (non-hydrogen) atoms. The molecule has 0 amide bonds. The van der Waals surface area contributed by atoms with Gasteiger partial charge in [-0.05, 0) is 48.9 Å². The van der Waals surface area contributed by atoms with Crippen molar-refractivity contribution in [1.29, 1.82) is 0 Å². The lowest BCUT2D eigenvalue weighted by Gasteiger charge is -2.14. The molecule has 140 valence electrons. The standard InChI is InChI=1S/C18H15ClF3N5/c1-10-13(19)3-2-4-14(10)27-17-15(23)16(24-9-25-17)26-12-7-5-11(6-8-12)18(20,21)22/h2-9H,23H2,1H3,(H2,24,25,26,27). The van der Waals surface area contributed by atoms with Crippen LogP contribution in [0.2, 0.25) is 5.02 Å². The Morgan fingerprint density at radius 3 is 2.22 bits per heavy atom. The summed E-state index contributed by atoms with van der Waals surface area (Å²) >= 11 is 6.11. The fourth-order valence-corrected chi connectivity index (χ4v) is 2.52. The minimum absolute atomic E-state index is 0.219. The zero-order valence-electron chi connectivity index (χ0n) is 14.1. The number of benzene rings is 2. The maximum Gasteiger partial charge on any atom is 0.416 e. The van der Waals surface area contributed by atoms with E-state index in [1.165, 1.54) is 18.5 Å². The summed E-state index contributed by atoms with van der Waals surface area (Å²) in [6.07, 6.45) is -3.09. The van der Waals surface area contributed by atoms with Crippen molar-refractivity contribution in [3.63, 3.8) is 0 Å². The Hall–Kier alpha value is -3.00. The van der Waals surface area contributed by atoms with Gasteiger partial charge in [0.1, 0.15) is 12.0 Å². The van der Waals surface area contributed by atoms with E-state index >= 15 is 0 Å². The normalized spacial score (nSPS) is 11.3. The third kappa shape index (κ3) is 4.22. The van der Waals surface area contributed by atoms with E-state index in [0.717, 1.165) is 23.4 Å². The minimum atomic E-state index is -4.39. The number of hydrogen-bond donors (Lipinski definition) is 3. The highest BCUT2D eigenvalue weighted by Gasteiger charge is 2.29. The monoisotopic (exact) mass is 393 g/mol. The largest absolute Gasteiger partial charge is 0.416 e. The molecule has 0 spiro atoms. The van der Waals surface area contributed by atoms with Gasteiger partial charge in [0.2, 0.25) is 0 Å². The highest BCUT2D eigenvalue weighted by atomic mass is 35.5. The van der Waals surface area contributed by atoms with Crippen molar-refractivity contribution in [3.05, 3.63) is 64.9 Å². The van der Waals surface area contributed by atoms with Crippen LogP contribution in [0.3, 0.4) is 0 Å². The van der Waals surface area contributed by atoms with Crippen molar-refractivity contribution < 1.29 is 13.2 Å². The van der Waals surface area contributed by atoms with Crippen molar-refractivity contribution in [1.82, 2.24) is 9.97 Å². The first-order chi connectivity index (χ1) is 12.8. The van der Waals surface area contributed by atoms with E-state index in [1.54, 1.807) is 12.1 Å². The summed E-state index contributed by atoms with van der Waals surface area (Å²) in [5, 5.41) is 6.57. The molecular formula is C18H15ClF3N5. The molecule has 0 aliphatic carbocycles. The highest BCUT2D eigenvalue weighted by Crippen LogP contribution is 2.33. The summed E-state index contributed by atoms with van der Waals surface area (Å²) in [4.78, 5) is 8.17. The van der Waals surface area contributed by atoms with E-state index in [4.69, 9.17) is 17.3 Å². The average Bonchev–Trinajstić information content (AvgIpc) is 2.62. The molecule has 5 nitrogen and oxygen atoms in total. The molecule has 0 aliphatic heterocycles. The second-order valence-electron chi connectivity index (χ2n) is 5.72. The van der Waals surface area contributed by atoms with Gasteiger partial charge in [0.25, 0.3) is 0 Å². The Labute approximate surface area is 158 Å². The lowest BCUT2D eigenvalue weighted by Crippen LogP contribution is -2.07. The van der Waals surface area contributed by atoms with E-state index in [9.17, 15) is 13.2 Å². The predicted octanol–water partition coefficient (Wildman–Crippen LogP) is 5.53. The van der Waals surface area contributed by atoms with Gasteiger partial charge in [-0.2, -0.15) is 13.2 Å². The van der Waals surface area contributed by atoms with Crippen molar-refractivity contribution >= 4 is 40.3 Å². The van der Waals surface area contributed by atoms with Crippen LogP contribution in [0, 0.1) is 6.92 Å². The molecule has 1 aromatic heterocycles. The lowest BCUT2D eigenvalue weighted by atomic mass is 10.2. The van der Waals surface area contributed by atoms with Gasteiger partial charge in [-0.15, -0.1) is 0 Å². The number of anilines is 5. The van der Waals surface area contributed by atoms with Crippen LogP contribution in [0.4, 0.5) is 41.9 Å². The van der Waals surface area contributed by atoms with E-state index in [0.29, 0.717) is 16.5 Å². The van der Waals surface area contributed by atoms with Crippen molar-refractivity contribution in [3.8, 4) is 0 Å². The Bertz CT molecular complexity index is 958. The summed E-state index contributed by atoms with van der Waals surface area (Å²) in [7, 11) is 0. The number of nitrogens with one attached hydrogen (secondary N) is 2. The molecule has 9 heteroatoms. The topological polar surface area (TPSA) is 75.9 Å². The van der Waals surface area contributed by atoms with Gasteiger partial charge in [0.05, 0.1) is 5.56 Å². The number of nitrogens with two attached hydrogens (primary N) is 1. The van der Waals surface area contributed by atoms with E-state index < -0.39 is 11.7 Å². The third-order valence-corrected chi connectivity index (χ3v) is 4.29. The van der Waals surface area contributed by atoms with Gasteiger partial charge in [-0.25, -0.2) is 9.97 Å². The van der Waals surface area contributed by atoms with Crippen LogP contribution >= 0.6 is 11.6 Å². The molecule has 2 aromatic carbocycles.